The quantitative estimate of drug-likeness (QED) is 0.830. The summed E-state index contributed by atoms with van der Waals surface area (Å²) in [6.07, 6.45) is -3.32. The smallest absolute Gasteiger partial charge is 0.385 e. The Balaban J connectivity index is 1.43. The number of benzene rings is 2. The molecule has 2 fully saturated rings. The van der Waals surface area contributed by atoms with Gasteiger partial charge >= 0.3 is 6.18 Å². The molecular weight excluding hydrogens is 383 g/mol. The molecule has 2 aromatic carbocycles. The fraction of sp³-hybridized carbons (Fsp3) is 0.455. The van der Waals surface area contributed by atoms with E-state index in [1.807, 2.05) is 29.2 Å². The minimum absolute atomic E-state index is 0.396. The van der Waals surface area contributed by atoms with Crippen molar-refractivity contribution in [2.24, 2.45) is 0 Å². The Kier molecular flexibility index (Phi) is 5.09. The molecule has 2 aliphatic rings. The van der Waals surface area contributed by atoms with E-state index in [2.05, 4.69) is 0 Å². The summed E-state index contributed by atoms with van der Waals surface area (Å²) in [5.74, 6) is 0. The maximum atomic E-state index is 12.7. The van der Waals surface area contributed by atoms with Crippen molar-refractivity contribution in [3.63, 3.8) is 0 Å². The normalized spacial score (nSPS) is 20.9. The zero-order valence-corrected chi connectivity index (χ0v) is 16.2. The van der Waals surface area contributed by atoms with Crippen molar-refractivity contribution in [1.82, 2.24) is 0 Å². The van der Waals surface area contributed by atoms with Crippen molar-refractivity contribution in [2.75, 3.05) is 38.3 Å². The number of methoxy groups -OCH3 is 1. The number of hydrogen-bond donors (Lipinski definition) is 1. The molecule has 0 unspecified atom stereocenters. The van der Waals surface area contributed by atoms with Crippen LogP contribution in [0.4, 0.5) is 18.9 Å². The van der Waals surface area contributed by atoms with Crippen LogP contribution in [0.5, 0.6) is 0 Å². The maximum absolute atomic E-state index is 12.7. The van der Waals surface area contributed by atoms with Gasteiger partial charge < -0.3 is 19.5 Å². The van der Waals surface area contributed by atoms with E-state index in [0.717, 1.165) is 28.9 Å². The highest BCUT2D eigenvalue weighted by molar-refractivity contribution is 5.49. The Hall–Kier alpha value is -2.09. The third-order valence-corrected chi connectivity index (χ3v) is 6.16. The van der Waals surface area contributed by atoms with Gasteiger partial charge in [0.05, 0.1) is 24.4 Å². The average molecular weight is 407 g/mol. The lowest BCUT2D eigenvalue weighted by atomic mass is 9.82. The molecule has 2 aliphatic heterocycles. The molecule has 156 valence electrons. The van der Waals surface area contributed by atoms with Crippen LogP contribution in [0.25, 0.3) is 0 Å². The summed E-state index contributed by atoms with van der Waals surface area (Å²) >= 11 is 0. The monoisotopic (exact) mass is 407 g/mol. The van der Waals surface area contributed by atoms with Gasteiger partial charge in [0.2, 0.25) is 0 Å². The standard InChI is InChI=1S/C22H24F3NO3/c1-28-21(14-29-15-21)17-4-2-16(3-5-17)20(27)10-12-26(13-11-20)19-8-6-18(7-9-19)22(23,24)25/h2-9,27H,10-15H2,1H3. The summed E-state index contributed by atoms with van der Waals surface area (Å²) in [5.41, 5.74) is 0.619. The Morgan fingerprint density at radius 3 is 1.93 bits per heavy atom. The van der Waals surface area contributed by atoms with Crippen LogP contribution in [-0.2, 0) is 26.9 Å². The second-order valence-electron chi connectivity index (χ2n) is 7.83. The molecule has 0 amide bonds. The van der Waals surface area contributed by atoms with Gasteiger partial charge in [-0.15, -0.1) is 0 Å². The van der Waals surface area contributed by atoms with Gasteiger partial charge in [-0.2, -0.15) is 13.2 Å². The Labute approximate surface area is 167 Å². The van der Waals surface area contributed by atoms with Gasteiger partial charge in [0.15, 0.2) is 0 Å². The first-order chi connectivity index (χ1) is 13.8. The summed E-state index contributed by atoms with van der Waals surface area (Å²) in [6.45, 7) is 2.18. The van der Waals surface area contributed by atoms with Crippen LogP contribution in [-0.4, -0.2) is 38.5 Å². The largest absolute Gasteiger partial charge is 0.416 e. The number of ether oxygens (including phenoxy) is 2. The van der Waals surface area contributed by atoms with Crippen molar-refractivity contribution in [2.45, 2.75) is 30.2 Å². The number of alkyl halides is 3. The predicted molar refractivity (Wildman–Crippen MR) is 103 cm³/mol. The second-order valence-corrected chi connectivity index (χ2v) is 7.83. The van der Waals surface area contributed by atoms with Gasteiger partial charge in [0.25, 0.3) is 0 Å². The van der Waals surface area contributed by atoms with Crippen molar-refractivity contribution in [3.8, 4) is 0 Å². The van der Waals surface area contributed by atoms with Crippen LogP contribution in [0.2, 0.25) is 0 Å². The van der Waals surface area contributed by atoms with Crippen molar-refractivity contribution in [1.29, 1.82) is 0 Å². The van der Waals surface area contributed by atoms with Crippen molar-refractivity contribution < 1.29 is 27.8 Å². The molecule has 1 N–H and O–H groups in total. The summed E-state index contributed by atoms with van der Waals surface area (Å²) < 4.78 is 49.1. The predicted octanol–water partition coefficient (Wildman–Crippen LogP) is 4.07. The van der Waals surface area contributed by atoms with E-state index in [4.69, 9.17) is 9.47 Å². The first-order valence-corrected chi connectivity index (χ1v) is 9.64. The molecule has 0 spiro atoms. The van der Waals surface area contributed by atoms with Gasteiger partial charge in [0, 0.05) is 25.9 Å². The summed E-state index contributed by atoms with van der Waals surface area (Å²) in [7, 11) is 1.67. The average Bonchev–Trinajstić information content (AvgIpc) is 2.68. The SMILES string of the molecule is COC1(c2ccc(C3(O)CCN(c4ccc(C(F)(F)F)cc4)CC3)cc2)COC1. The molecule has 0 aromatic heterocycles. The number of piperidine rings is 1. The van der Waals surface area contributed by atoms with E-state index in [0.29, 0.717) is 39.1 Å². The molecule has 4 rings (SSSR count). The second kappa shape index (κ2) is 7.31. The van der Waals surface area contributed by atoms with E-state index < -0.39 is 22.9 Å². The fourth-order valence-electron chi connectivity index (χ4n) is 4.06. The Morgan fingerprint density at radius 1 is 0.931 bits per heavy atom. The van der Waals surface area contributed by atoms with E-state index in [1.54, 1.807) is 7.11 Å². The lowest BCUT2D eigenvalue weighted by Crippen LogP contribution is -2.48. The molecule has 0 aliphatic carbocycles. The summed E-state index contributed by atoms with van der Waals surface area (Å²) in [6, 6.07) is 13.0. The number of rotatable bonds is 4. The van der Waals surface area contributed by atoms with Crippen LogP contribution in [0.15, 0.2) is 48.5 Å². The summed E-state index contributed by atoms with van der Waals surface area (Å²) in [5, 5.41) is 11.1. The maximum Gasteiger partial charge on any atom is 0.416 e. The number of anilines is 1. The Morgan fingerprint density at radius 2 is 1.48 bits per heavy atom. The molecule has 0 radical (unpaired) electrons. The lowest BCUT2D eigenvalue weighted by molar-refractivity contribution is -0.202. The van der Waals surface area contributed by atoms with Crippen LogP contribution < -0.4 is 4.90 Å². The Bertz CT molecular complexity index is 832. The van der Waals surface area contributed by atoms with E-state index in [-0.39, 0.29) is 0 Å². The number of nitrogens with zero attached hydrogens (tertiary/aromatic N) is 1. The van der Waals surface area contributed by atoms with Crippen LogP contribution in [0.3, 0.4) is 0 Å². The first kappa shape index (κ1) is 20.2. The molecule has 0 saturated carbocycles. The molecule has 0 atom stereocenters. The third kappa shape index (κ3) is 3.74. The van der Waals surface area contributed by atoms with E-state index >= 15 is 0 Å². The third-order valence-electron chi connectivity index (χ3n) is 6.16. The highest BCUT2D eigenvalue weighted by Gasteiger charge is 2.41. The molecule has 0 bridgehead atoms. The highest BCUT2D eigenvalue weighted by atomic mass is 19.4. The lowest BCUT2D eigenvalue weighted by Gasteiger charge is -2.41. The minimum atomic E-state index is -4.33. The molecule has 2 aromatic rings. The molecule has 7 heteroatoms. The molecule has 4 nitrogen and oxygen atoms in total. The van der Waals surface area contributed by atoms with Crippen molar-refractivity contribution >= 4 is 5.69 Å². The van der Waals surface area contributed by atoms with E-state index in [9.17, 15) is 18.3 Å². The minimum Gasteiger partial charge on any atom is -0.385 e. The fourth-order valence-corrected chi connectivity index (χ4v) is 4.06. The molecule has 2 heterocycles. The number of hydrogen-bond acceptors (Lipinski definition) is 4. The van der Waals surface area contributed by atoms with Crippen LogP contribution >= 0.6 is 0 Å². The summed E-state index contributed by atoms with van der Waals surface area (Å²) in [4.78, 5) is 2.01. The molecule has 2 saturated heterocycles. The van der Waals surface area contributed by atoms with Gasteiger partial charge in [-0.1, -0.05) is 24.3 Å². The number of aliphatic hydroxyl groups is 1. The van der Waals surface area contributed by atoms with Crippen LogP contribution in [0, 0.1) is 0 Å². The molecular formula is C22H24F3NO3. The molecule has 29 heavy (non-hydrogen) atoms. The zero-order chi connectivity index (χ0) is 20.7. The van der Waals surface area contributed by atoms with Crippen LogP contribution in [0.1, 0.15) is 29.5 Å². The van der Waals surface area contributed by atoms with Gasteiger partial charge in [-0.3, -0.25) is 0 Å². The van der Waals surface area contributed by atoms with Crippen molar-refractivity contribution in [3.05, 3.63) is 65.2 Å². The van der Waals surface area contributed by atoms with Gasteiger partial charge in [-0.05, 0) is 48.2 Å². The first-order valence-electron chi connectivity index (χ1n) is 9.64. The van der Waals surface area contributed by atoms with E-state index in [1.165, 1.54) is 12.1 Å². The number of halogens is 3. The van der Waals surface area contributed by atoms with Gasteiger partial charge in [0.1, 0.15) is 5.60 Å². The highest BCUT2D eigenvalue weighted by Crippen LogP contribution is 2.38. The zero-order valence-electron chi connectivity index (χ0n) is 16.2. The van der Waals surface area contributed by atoms with Gasteiger partial charge in [-0.25, -0.2) is 0 Å². The topological polar surface area (TPSA) is 41.9 Å².